The third-order valence-corrected chi connectivity index (χ3v) is 5.10. The molecule has 0 saturated heterocycles. The van der Waals surface area contributed by atoms with Crippen molar-refractivity contribution in [1.29, 1.82) is 0 Å². The Hall–Kier alpha value is -2.27. The van der Waals surface area contributed by atoms with Gasteiger partial charge in [-0.05, 0) is 67.9 Å². The lowest BCUT2D eigenvalue weighted by atomic mass is 9.72. The number of amides is 1. The second-order valence-electron chi connectivity index (χ2n) is 7.62. The Kier molecular flexibility index (Phi) is 6.71. The second kappa shape index (κ2) is 8.61. The molecular formula is C22H27F2NO2. The molecule has 146 valence electrons. The summed E-state index contributed by atoms with van der Waals surface area (Å²) >= 11 is 0. The summed E-state index contributed by atoms with van der Waals surface area (Å²) in [5.41, 5.74) is 2.71. The van der Waals surface area contributed by atoms with Crippen LogP contribution in [0.25, 0.3) is 5.83 Å². The van der Waals surface area contributed by atoms with Crippen molar-refractivity contribution in [3.8, 4) is 0 Å². The number of halogens is 2. The standard InChI is InChI=1S/C22H27F2NO2/c1-14-6-5-11-22(3,4)18(14)10-7-15(2)20(24)17-9-8-16(12-19(17)23)21(27)25-13-26/h7-10,12,26H,5-6,11,13H2,1-4H3,(H,25,27)/b10-7+,20-15-. The molecule has 27 heavy (non-hydrogen) atoms. The molecule has 1 aliphatic carbocycles. The molecule has 0 bridgehead atoms. The third-order valence-electron chi connectivity index (χ3n) is 5.10. The monoisotopic (exact) mass is 375 g/mol. The van der Waals surface area contributed by atoms with E-state index in [1.807, 2.05) is 6.08 Å². The number of allylic oxidation sites excluding steroid dienone is 5. The van der Waals surface area contributed by atoms with E-state index in [1.165, 1.54) is 23.3 Å². The van der Waals surface area contributed by atoms with Crippen LogP contribution in [0, 0.1) is 11.2 Å². The van der Waals surface area contributed by atoms with Crippen LogP contribution in [-0.2, 0) is 0 Å². The number of hydrogen-bond donors (Lipinski definition) is 2. The zero-order valence-electron chi connectivity index (χ0n) is 16.3. The van der Waals surface area contributed by atoms with Crippen LogP contribution in [0.1, 0.15) is 62.9 Å². The van der Waals surface area contributed by atoms with Gasteiger partial charge >= 0.3 is 0 Å². The number of aliphatic hydroxyl groups is 1. The van der Waals surface area contributed by atoms with E-state index in [1.54, 1.807) is 13.0 Å². The Labute approximate surface area is 159 Å². The van der Waals surface area contributed by atoms with E-state index in [-0.39, 0.29) is 16.5 Å². The van der Waals surface area contributed by atoms with Crippen molar-refractivity contribution < 1.29 is 18.7 Å². The maximum absolute atomic E-state index is 14.7. The minimum Gasteiger partial charge on any atom is -0.376 e. The van der Waals surface area contributed by atoms with Gasteiger partial charge in [0.05, 0.1) is 0 Å². The summed E-state index contributed by atoms with van der Waals surface area (Å²) < 4.78 is 29.0. The van der Waals surface area contributed by atoms with Crippen LogP contribution in [-0.4, -0.2) is 17.7 Å². The predicted octanol–water partition coefficient (Wildman–Crippen LogP) is 5.29. The molecular weight excluding hydrogens is 348 g/mol. The van der Waals surface area contributed by atoms with Crippen LogP contribution in [0.3, 0.4) is 0 Å². The topological polar surface area (TPSA) is 49.3 Å². The Balaban J connectivity index is 2.31. The Morgan fingerprint density at radius 2 is 2.07 bits per heavy atom. The molecule has 0 fully saturated rings. The van der Waals surface area contributed by atoms with Crippen LogP contribution in [0.2, 0.25) is 0 Å². The highest BCUT2D eigenvalue weighted by Gasteiger charge is 2.26. The molecule has 0 heterocycles. The molecule has 0 unspecified atom stereocenters. The van der Waals surface area contributed by atoms with Gasteiger partial charge in [0, 0.05) is 11.1 Å². The highest BCUT2D eigenvalue weighted by molar-refractivity contribution is 5.94. The molecule has 0 aliphatic heterocycles. The van der Waals surface area contributed by atoms with Crippen LogP contribution in [0.5, 0.6) is 0 Å². The molecule has 1 aromatic rings. The lowest BCUT2D eigenvalue weighted by molar-refractivity contribution is 0.0909. The molecule has 0 radical (unpaired) electrons. The van der Waals surface area contributed by atoms with Crippen molar-refractivity contribution in [2.24, 2.45) is 5.41 Å². The number of rotatable bonds is 5. The highest BCUT2D eigenvalue weighted by atomic mass is 19.1. The molecule has 0 atom stereocenters. The number of carbonyl (C=O) groups is 1. The van der Waals surface area contributed by atoms with Gasteiger partial charge < -0.3 is 10.4 Å². The van der Waals surface area contributed by atoms with Gasteiger partial charge in [0.2, 0.25) is 0 Å². The van der Waals surface area contributed by atoms with E-state index in [9.17, 15) is 13.6 Å². The maximum atomic E-state index is 14.7. The van der Waals surface area contributed by atoms with Gasteiger partial charge in [-0.15, -0.1) is 0 Å². The van der Waals surface area contributed by atoms with Crippen molar-refractivity contribution in [2.75, 3.05) is 6.73 Å². The minimum atomic E-state index is -0.820. The van der Waals surface area contributed by atoms with E-state index in [0.717, 1.165) is 25.3 Å². The second-order valence-corrected chi connectivity index (χ2v) is 7.62. The zero-order valence-corrected chi connectivity index (χ0v) is 16.3. The fraction of sp³-hybridized carbons (Fsp3) is 0.409. The Morgan fingerprint density at radius 1 is 1.37 bits per heavy atom. The number of carbonyl (C=O) groups excluding carboxylic acids is 1. The van der Waals surface area contributed by atoms with Crippen molar-refractivity contribution >= 4 is 11.7 Å². The van der Waals surface area contributed by atoms with Gasteiger partial charge in [-0.3, -0.25) is 4.79 Å². The van der Waals surface area contributed by atoms with E-state index in [4.69, 9.17) is 5.11 Å². The lowest BCUT2D eigenvalue weighted by Crippen LogP contribution is -2.24. The highest BCUT2D eigenvalue weighted by Crippen LogP contribution is 2.41. The van der Waals surface area contributed by atoms with Gasteiger partial charge in [0.15, 0.2) is 0 Å². The summed E-state index contributed by atoms with van der Waals surface area (Å²) in [5, 5.41) is 10.9. The van der Waals surface area contributed by atoms with Gasteiger partial charge in [0.1, 0.15) is 18.4 Å². The predicted molar refractivity (Wildman–Crippen MR) is 104 cm³/mol. The molecule has 1 aliphatic rings. The van der Waals surface area contributed by atoms with Crippen molar-refractivity contribution in [3.05, 3.63) is 64.0 Å². The molecule has 2 N–H and O–H groups in total. The summed E-state index contributed by atoms with van der Waals surface area (Å²) in [6.45, 7) is 7.52. The normalized spacial score (nSPS) is 17.9. The molecule has 1 amide bonds. The largest absolute Gasteiger partial charge is 0.376 e. The molecule has 0 spiro atoms. The third kappa shape index (κ3) is 4.92. The van der Waals surface area contributed by atoms with E-state index < -0.39 is 24.3 Å². The first-order valence-electron chi connectivity index (χ1n) is 9.11. The zero-order chi connectivity index (χ0) is 20.2. The summed E-state index contributed by atoms with van der Waals surface area (Å²) in [5.74, 6) is -2.10. The van der Waals surface area contributed by atoms with Crippen LogP contribution in [0.4, 0.5) is 8.78 Å². The molecule has 3 nitrogen and oxygen atoms in total. The first-order valence-corrected chi connectivity index (χ1v) is 9.11. The van der Waals surface area contributed by atoms with Gasteiger partial charge in [-0.1, -0.05) is 31.6 Å². The van der Waals surface area contributed by atoms with Gasteiger partial charge in [-0.25, -0.2) is 8.78 Å². The van der Waals surface area contributed by atoms with Gasteiger partial charge in [-0.2, -0.15) is 0 Å². The van der Waals surface area contributed by atoms with Crippen LogP contribution < -0.4 is 5.32 Å². The molecule has 5 heteroatoms. The number of aliphatic hydroxyl groups excluding tert-OH is 1. The number of nitrogens with one attached hydrogen (secondary N) is 1. The fourth-order valence-corrected chi connectivity index (χ4v) is 3.51. The smallest absolute Gasteiger partial charge is 0.253 e. The van der Waals surface area contributed by atoms with Crippen molar-refractivity contribution in [3.63, 3.8) is 0 Å². The van der Waals surface area contributed by atoms with E-state index in [2.05, 4.69) is 26.1 Å². The summed E-state index contributed by atoms with van der Waals surface area (Å²) in [7, 11) is 0. The van der Waals surface area contributed by atoms with E-state index >= 15 is 0 Å². The molecule has 2 rings (SSSR count). The average molecular weight is 375 g/mol. The molecule has 0 aromatic heterocycles. The minimum absolute atomic E-state index is 0.0241. The molecule has 1 aromatic carbocycles. The Bertz CT molecular complexity index is 820. The van der Waals surface area contributed by atoms with Crippen molar-refractivity contribution in [1.82, 2.24) is 5.32 Å². The molecule has 0 saturated carbocycles. The fourth-order valence-electron chi connectivity index (χ4n) is 3.51. The van der Waals surface area contributed by atoms with Crippen LogP contribution in [0.15, 0.2) is 47.1 Å². The quantitative estimate of drug-likeness (QED) is 0.543. The first kappa shape index (κ1) is 21.0. The lowest BCUT2D eigenvalue weighted by Gasteiger charge is -2.33. The van der Waals surface area contributed by atoms with Gasteiger partial charge in [0.25, 0.3) is 5.91 Å². The summed E-state index contributed by atoms with van der Waals surface area (Å²) in [4.78, 5) is 11.6. The number of hydrogen-bond acceptors (Lipinski definition) is 2. The van der Waals surface area contributed by atoms with E-state index in [0.29, 0.717) is 5.57 Å². The number of benzene rings is 1. The van der Waals surface area contributed by atoms with Crippen LogP contribution >= 0.6 is 0 Å². The maximum Gasteiger partial charge on any atom is 0.253 e. The Morgan fingerprint density at radius 3 is 2.67 bits per heavy atom. The average Bonchev–Trinajstić information content (AvgIpc) is 2.60. The summed E-state index contributed by atoms with van der Waals surface area (Å²) in [6.07, 6.45) is 6.90. The first-order chi connectivity index (χ1) is 12.7. The van der Waals surface area contributed by atoms with Crippen molar-refractivity contribution in [2.45, 2.75) is 47.0 Å². The summed E-state index contributed by atoms with van der Waals surface area (Å²) in [6, 6.07) is 3.54. The SMILES string of the molecule is CC1=C(/C=C/C(C)=C(\F)c2ccc(C(=O)NCO)cc2F)C(C)(C)CCC1.